The normalized spacial score (nSPS) is 11.5. The number of hydrogen-bond donors (Lipinski definition) is 1. The number of alkyl halides is 3. The summed E-state index contributed by atoms with van der Waals surface area (Å²) in [6.07, 6.45) is -3.58. The minimum absolute atomic E-state index is 0.603. The molecule has 0 aliphatic heterocycles. The van der Waals surface area contributed by atoms with Crippen LogP contribution in [0.1, 0.15) is 22.3 Å². The molecule has 4 heteroatoms. The Labute approximate surface area is 122 Å². The van der Waals surface area contributed by atoms with Crippen molar-refractivity contribution in [1.82, 2.24) is 0 Å². The highest BCUT2D eigenvalue weighted by Crippen LogP contribution is 2.29. The molecule has 1 N–H and O–H groups in total. The lowest BCUT2D eigenvalue weighted by Crippen LogP contribution is -2.07. The predicted octanol–water partition coefficient (Wildman–Crippen LogP) is 4.98. The highest BCUT2D eigenvalue weighted by atomic mass is 19.4. The molecule has 21 heavy (non-hydrogen) atoms. The number of nitrogens with one attached hydrogen (secondary N) is 1. The van der Waals surface area contributed by atoms with Crippen molar-refractivity contribution in [2.75, 3.05) is 11.9 Å². The smallest absolute Gasteiger partial charge is 0.385 e. The van der Waals surface area contributed by atoms with Crippen molar-refractivity contribution in [3.05, 3.63) is 64.7 Å². The summed E-state index contributed by atoms with van der Waals surface area (Å²) in [4.78, 5) is 0. The van der Waals surface area contributed by atoms with Gasteiger partial charge in [0.1, 0.15) is 0 Å². The highest BCUT2D eigenvalue weighted by molar-refractivity contribution is 5.48. The van der Waals surface area contributed by atoms with Crippen LogP contribution in [0.2, 0.25) is 0 Å². The van der Waals surface area contributed by atoms with Gasteiger partial charge in [-0.3, -0.25) is 0 Å². The Hall–Kier alpha value is -1.97. The highest BCUT2D eigenvalue weighted by Gasteiger charge is 2.29. The fourth-order valence-electron chi connectivity index (χ4n) is 2.06. The summed E-state index contributed by atoms with van der Waals surface area (Å²) >= 11 is 0. The van der Waals surface area contributed by atoms with E-state index in [9.17, 15) is 13.2 Å². The van der Waals surface area contributed by atoms with E-state index in [0.717, 1.165) is 23.4 Å². The van der Waals surface area contributed by atoms with E-state index in [1.165, 1.54) is 23.3 Å². The first-order valence-corrected chi connectivity index (χ1v) is 6.83. The number of rotatable bonds is 4. The zero-order valence-corrected chi connectivity index (χ0v) is 12.1. The summed E-state index contributed by atoms with van der Waals surface area (Å²) < 4.78 is 37.4. The first kappa shape index (κ1) is 15.4. The van der Waals surface area contributed by atoms with Gasteiger partial charge >= 0.3 is 6.18 Å². The summed E-state index contributed by atoms with van der Waals surface area (Å²) in [6, 6.07) is 11.5. The van der Waals surface area contributed by atoms with E-state index in [1.807, 2.05) is 6.07 Å². The number of halogens is 3. The summed E-state index contributed by atoms with van der Waals surface area (Å²) in [7, 11) is 0. The molecule has 0 heterocycles. The molecule has 2 rings (SSSR count). The Morgan fingerprint density at radius 2 is 1.57 bits per heavy atom. The van der Waals surface area contributed by atoms with Crippen LogP contribution in [-0.4, -0.2) is 6.54 Å². The summed E-state index contributed by atoms with van der Waals surface area (Å²) in [5.74, 6) is 0. The molecular weight excluding hydrogens is 275 g/mol. The van der Waals surface area contributed by atoms with Crippen molar-refractivity contribution in [2.45, 2.75) is 26.4 Å². The molecule has 0 atom stereocenters. The van der Waals surface area contributed by atoms with Crippen molar-refractivity contribution in [1.29, 1.82) is 0 Å². The van der Waals surface area contributed by atoms with Crippen LogP contribution >= 0.6 is 0 Å². The van der Waals surface area contributed by atoms with Crippen molar-refractivity contribution >= 4 is 5.69 Å². The van der Waals surface area contributed by atoms with Gasteiger partial charge in [0.2, 0.25) is 0 Å². The third-order valence-corrected chi connectivity index (χ3v) is 3.53. The SMILES string of the molecule is Cc1ccc(NCCc2ccc(C(F)(F)F)cc2)cc1C. The van der Waals surface area contributed by atoms with Gasteiger partial charge in [0.05, 0.1) is 5.56 Å². The molecular formula is C17H18F3N. The van der Waals surface area contributed by atoms with E-state index in [4.69, 9.17) is 0 Å². The van der Waals surface area contributed by atoms with Crippen LogP contribution in [0, 0.1) is 13.8 Å². The Morgan fingerprint density at radius 3 is 2.14 bits per heavy atom. The van der Waals surface area contributed by atoms with Crippen molar-refractivity contribution in [2.24, 2.45) is 0 Å². The number of aryl methyl sites for hydroxylation is 2. The molecule has 0 fully saturated rings. The molecule has 0 spiro atoms. The van der Waals surface area contributed by atoms with Gasteiger partial charge in [0.15, 0.2) is 0 Å². The number of hydrogen-bond acceptors (Lipinski definition) is 1. The van der Waals surface area contributed by atoms with Crippen LogP contribution in [0.3, 0.4) is 0 Å². The Balaban J connectivity index is 1.90. The van der Waals surface area contributed by atoms with Crippen LogP contribution in [0.15, 0.2) is 42.5 Å². The van der Waals surface area contributed by atoms with Crippen molar-refractivity contribution in [3.63, 3.8) is 0 Å². The Bertz CT molecular complexity index is 600. The maximum Gasteiger partial charge on any atom is 0.416 e. The zero-order chi connectivity index (χ0) is 15.5. The third-order valence-electron chi connectivity index (χ3n) is 3.53. The van der Waals surface area contributed by atoms with Gasteiger partial charge in [-0.2, -0.15) is 13.2 Å². The van der Waals surface area contributed by atoms with E-state index >= 15 is 0 Å². The van der Waals surface area contributed by atoms with Gasteiger partial charge in [0, 0.05) is 12.2 Å². The van der Waals surface area contributed by atoms with Crippen LogP contribution in [0.25, 0.3) is 0 Å². The molecule has 2 aromatic rings. The molecule has 112 valence electrons. The standard InChI is InChI=1S/C17H18F3N/c1-12-3-8-16(11-13(12)2)21-10-9-14-4-6-15(7-5-14)17(18,19)20/h3-8,11,21H,9-10H2,1-2H3. The molecule has 0 saturated carbocycles. The first-order chi connectivity index (χ1) is 9.86. The molecule has 0 unspecified atom stereocenters. The average Bonchev–Trinajstić information content (AvgIpc) is 2.42. The minimum Gasteiger partial charge on any atom is -0.385 e. The van der Waals surface area contributed by atoms with Crippen LogP contribution in [-0.2, 0) is 12.6 Å². The maximum absolute atomic E-state index is 12.5. The van der Waals surface area contributed by atoms with E-state index in [-0.39, 0.29) is 0 Å². The van der Waals surface area contributed by atoms with Crippen molar-refractivity contribution in [3.8, 4) is 0 Å². The second-order valence-corrected chi connectivity index (χ2v) is 5.17. The molecule has 0 bridgehead atoms. The molecule has 0 aromatic heterocycles. The Morgan fingerprint density at radius 1 is 0.905 bits per heavy atom. The monoisotopic (exact) mass is 293 g/mol. The lowest BCUT2D eigenvalue weighted by atomic mass is 10.1. The quantitative estimate of drug-likeness (QED) is 0.838. The predicted molar refractivity (Wildman–Crippen MR) is 79.6 cm³/mol. The van der Waals surface area contributed by atoms with Gasteiger partial charge in [-0.15, -0.1) is 0 Å². The molecule has 1 nitrogen and oxygen atoms in total. The summed E-state index contributed by atoms with van der Waals surface area (Å²) in [5, 5.41) is 3.28. The fraction of sp³-hybridized carbons (Fsp3) is 0.294. The lowest BCUT2D eigenvalue weighted by molar-refractivity contribution is -0.137. The van der Waals surface area contributed by atoms with Crippen molar-refractivity contribution < 1.29 is 13.2 Å². The number of benzene rings is 2. The Kier molecular flexibility index (Phi) is 4.56. The minimum atomic E-state index is -4.27. The van der Waals surface area contributed by atoms with Gasteiger partial charge in [-0.05, 0) is 61.2 Å². The zero-order valence-electron chi connectivity index (χ0n) is 12.1. The second kappa shape index (κ2) is 6.20. The lowest BCUT2D eigenvalue weighted by Gasteiger charge is -2.10. The van der Waals surface area contributed by atoms with Gasteiger partial charge in [0.25, 0.3) is 0 Å². The molecule has 0 aliphatic carbocycles. The summed E-state index contributed by atoms with van der Waals surface area (Å²) in [6.45, 7) is 4.80. The van der Waals surface area contributed by atoms with Crippen LogP contribution in [0.5, 0.6) is 0 Å². The molecule has 0 aliphatic rings. The topological polar surface area (TPSA) is 12.0 Å². The van der Waals surface area contributed by atoms with Crippen LogP contribution < -0.4 is 5.32 Å². The largest absolute Gasteiger partial charge is 0.416 e. The van der Waals surface area contributed by atoms with E-state index < -0.39 is 11.7 Å². The van der Waals surface area contributed by atoms with Gasteiger partial charge < -0.3 is 5.32 Å². The van der Waals surface area contributed by atoms with E-state index in [1.54, 1.807) is 0 Å². The summed E-state index contributed by atoms with van der Waals surface area (Å²) in [5.41, 5.74) is 3.77. The van der Waals surface area contributed by atoms with E-state index in [0.29, 0.717) is 13.0 Å². The first-order valence-electron chi connectivity index (χ1n) is 6.83. The fourth-order valence-corrected chi connectivity index (χ4v) is 2.06. The molecule has 0 amide bonds. The van der Waals surface area contributed by atoms with E-state index in [2.05, 4.69) is 31.3 Å². The number of anilines is 1. The third kappa shape index (κ3) is 4.25. The molecule has 0 saturated heterocycles. The maximum atomic E-state index is 12.5. The molecule has 2 aromatic carbocycles. The van der Waals surface area contributed by atoms with Gasteiger partial charge in [-0.25, -0.2) is 0 Å². The second-order valence-electron chi connectivity index (χ2n) is 5.17. The average molecular weight is 293 g/mol. The van der Waals surface area contributed by atoms with Gasteiger partial charge in [-0.1, -0.05) is 18.2 Å². The molecule has 0 radical (unpaired) electrons. The van der Waals surface area contributed by atoms with Crippen LogP contribution in [0.4, 0.5) is 18.9 Å².